The zero-order valence-electron chi connectivity index (χ0n) is 9.67. The largest absolute Gasteiger partial charge is 0.366 e. The van der Waals surface area contributed by atoms with E-state index in [0.29, 0.717) is 6.04 Å². The molecule has 0 bridgehead atoms. The van der Waals surface area contributed by atoms with Gasteiger partial charge in [0.2, 0.25) is 0 Å². The first-order chi connectivity index (χ1) is 6.67. The molecular weight excluding hydrogens is 174 g/mol. The van der Waals surface area contributed by atoms with Gasteiger partial charge in [0.1, 0.15) is 5.82 Å². The molecule has 1 rings (SSSR count). The molecule has 0 radical (unpaired) electrons. The second-order valence-corrected chi connectivity index (χ2v) is 3.83. The molecule has 1 aromatic rings. The summed E-state index contributed by atoms with van der Waals surface area (Å²) >= 11 is 0. The molecule has 3 nitrogen and oxygen atoms in total. The van der Waals surface area contributed by atoms with Crippen molar-refractivity contribution < 1.29 is 0 Å². The molecule has 0 saturated heterocycles. The maximum Gasteiger partial charge on any atom is 0.148 e. The lowest BCUT2D eigenvalue weighted by Gasteiger charge is -2.14. The smallest absolute Gasteiger partial charge is 0.148 e. The van der Waals surface area contributed by atoms with Crippen molar-refractivity contribution in [1.29, 1.82) is 0 Å². The van der Waals surface area contributed by atoms with Crippen LogP contribution in [0.5, 0.6) is 0 Å². The summed E-state index contributed by atoms with van der Waals surface area (Å²) in [6.45, 7) is 6.50. The van der Waals surface area contributed by atoms with Crippen LogP contribution in [0.15, 0.2) is 6.07 Å². The number of aryl methyl sites for hydroxylation is 2. The molecule has 0 aliphatic heterocycles. The van der Waals surface area contributed by atoms with E-state index >= 15 is 0 Å². The minimum absolute atomic E-state index is 0.564. The van der Waals surface area contributed by atoms with Gasteiger partial charge in [0.05, 0.1) is 0 Å². The summed E-state index contributed by atoms with van der Waals surface area (Å²) in [6, 6.07) is 2.66. The molecule has 3 heteroatoms. The predicted molar refractivity (Wildman–Crippen MR) is 60.6 cm³/mol. The van der Waals surface area contributed by atoms with Crippen LogP contribution in [-0.4, -0.2) is 15.8 Å². The molecule has 0 spiro atoms. The molecule has 0 aromatic carbocycles. The van der Waals surface area contributed by atoms with Crippen LogP contribution in [0.1, 0.15) is 38.8 Å². The van der Waals surface area contributed by atoms with Gasteiger partial charge in [0.25, 0.3) is 0 Å². The molecule has 1 heterocycles. The van der Waals surface area contributed by atoms with E-state index in [0.717, 1.165) is 12.2 Å². The van der Waals surface area contributed by atoms with Crippen molar-refractivity contribution in [3.63, 3.8) is 0 Å². The first-order valence-electron chi connectivity index (χ1n) is 5.44. The Labute approximate surface area is 86.5 Å². The average molecular weight is 195 g/mol. The van der Waals surface area contributed by atoms with E-state index in [9.17, 15) is 0 Å². The summed E-state index contributed by atoms with van der Waals surface area (Å²) in [5.41, 5.74) is 1.19. The van der Waals surface area contributed by atoms with E-state index in [1.54, 1.807) is 0 Å². The number of rotatable bonds is 5. The van der Waals surface area contributed by atoms with Crippen molar-refractivity contribution in [3.8, 4) is 0 Å². The number of aromatic nitrogens is 2. The summed E-state index contributed by atoms with van der Waals surface area (Å²) in [7, 11) is 1.97. The molecule has 80 valence electrons. The minimum Gasteiger partial charge on any atom is -0.366 e. The van der Waals surface area contributed by atoms with Crippen molar-refractivity contribution in [3.05, 3.63) is 11.8 Å². The van der Waals surface area contributed by atoms with Crippen LogP contribution in [0, 0.1) is 6.92 Å². The van der Waals surface area contributed by atoms with Gasteiger partial charge in [-0.05, 0) is 19.8 Å². The van der Waals surface area contributed by atoms with Crippen LogP contribution in [0.25, 0.3) is 0 Å². The summed E-state index contributed by atoms with van der Waals surface area (Å²) < 4.78 is 1.90. The highest BCUT2D eigenvalue weighted by Gasteiger charge is 2.07. The zero-order chi connectivity index (χ0) is 10.6. The Kier molecular flexibility index (Phi) is 3.98. The highest BCUT2D eigenvalue weighted by atomic mass is 15.3. The van der Waals surface area contributed by atoms with Crippen molar-refractivity contribution in [1.82, 2.24) is 9.78 Å². The van der Waals surface area contributed by atoms with Gasteiger partial charge in [0, 0.05) is 24.8 Å². The maximum atomic E-state index is 4.39. The minimum atomic E-state index is 0.564. The Balaban J connectivity index is 2.57. The number of hydrogen-bond acceptors (Lipinski definition) is 2. The second kappa shape index (κ2) is 5.03. The summed E-state index contributed by atoms with van der Waals surface area (Å²) in [5, 5.41) is 7.85. The zero-order valence-corrected chi connectivity index (χ0v) is 9.67. The predicted octanol–water partition coefficient (Wildman–Crippen LogP) is 2.72. The van der Waals surface area contributed by atoms with E-state index in [1.165, 1.54) is 18.5 Å². The molecule has 0 aliphatic rings. The summed E-state index contributed by atoms with van der Waals surface area (Å²) in [5.74, 6) is 1.00. The van der Waals surface area contributed by atoms with Gasteiger partial charge in [-0.15, -0.1) is 0 Å². The highest BCUT2D eigenvalue weighted by Crippen LogP contribution is 2.12. The number of nitrogens with zero attached hydrogens (tertiary/aromatic N) is 2. The Bertz CT molecular complexity index is 259. The Morgan fingerprint density at radius 3 is 2.64 bits per heavy atom. The van der Waals surface area contributed by atoms with Crippen LogP contribution in [-0.2, 0) is 7.05 Å². The molecule has 0 aliphatic carbocycles. The van der Waals surface area contributed by atoms with Gasteiger partial charge in [-0.25, -0.2) is 0 Å². The Morgan fingerprint density at radius 1 is 1.50 bits per heavy atom. The Morgan fingerprint density at radius 2 is 2.21 bits per heavy atom. The standard InChI is InChI=1S/C11H21N3/c1-5-7-10(6-2)12-11-8-9(3)14(4)13-11/h8,10H,5-7H2,1-4H3,(H,12,13). The first kappa shape index (κ1) is 11.1. The molecule has 1 aromatic heterocycles. The van der Waals surface area contributed by atoms with Crippen LogP contribution in [0.2, 0.25) is 0 Å². The molecule has 1 unspecified atom stereocenters. The van der Waals surface area contributed by atoms with Gasteiger partial charge in [-0.1, -0.05) is 20.3 Å². The van der Waals surface area contributed by atoms with E-state index in [-0.39, 0.29) is 0 Å². The summed E-state index contributed by atoms with van der Waals surface area (Å²) in [4.78, 5) is 0. The van der Waals surface area contributed by atoms with Crippen molar-refractivity contribution >= 4 is 5.82 Å². The fourth-order valence-electron chi connectivity index (χ4n) is 1.57. The van der Waals surface area contributed by atoms with Crippen LogP contribution in [0.3, 0.4) is 0 Å². The van der Waals surface area contributed by atoms with Gasteiger partial charge >= 0.3 is 0 Å². The quantitative estimate of drug-likeness (QED) is 0.783. The van der Waals surface area contributed by atoms with Gasteiger partial charge in [-0.2, -0.15) is 5.10 Å². The lowest BCUT2D eigenvalue weighted by molar-refractivity contribution is 0.617. The normalized spacial score (nSPS) is 12.9. The first-order valence-corrected chi connectivity index (χ1v) is 5.44. The molecule has 0 fully saturated rings. The third-order valence-electron chi connectivity index (χ3n) is 2.60. The van der Waals surface area contributed by atoms with E-state index < -0.39 is 0 Å². The van der Waals surface area contributed by atoms with Crippen LogP contribution < -0.4 is 5.32 Å². The average Bonchev–Trinajstić information content (AvgIpc) is 2.45. The lowest BCUT2D eigenvalue weighted by atomic mass is 10.1. The molecule has 1 atom stereocenters. The van der Waals surface area contributed by atoms with Gasteiger partial charge < -0.3 is 5.32 Å². The molecule has 0 amide bonds. The van der Waals surface area contributed by atoms with Gasteiger partial charge in [0.15, 0.2) is 0 Å². The number of nitrogens with one attached hydrogen (secondary N) is 1. The third kappa shape index (κ3) is 2.76. The SMILES string of the molecule is CCCC(CC)Nc1cc(C)n(C)n1. The van der Waals surface area contributed by atoms with Crippen molar-refractivity contribution in [2.24, 2.45) is 7.05 Å². The fraction of sp³-hybridized carbons (Fsp3) is 0.727. The topological polar surface area (TPSA) is 29.9 Å². The van der Waals surface area contributed by atoms with Gasteiger partial charge in [-0.3, -0.25) is 4.68 Å². The molecule has 14 heavy (non-hydrogen) atoms. The molecular formula is C11H21N3. The number of anilines is 1. The fourth-order valence-corrected chi connectivity index (χ4v) is 1.57. The van der Waals surface area contributed by atoms with Crippen LogP contribution in [0.4, 0.5) is 5.82 Å². The third-order valence-corrected chi connectivity index (χ3v) is 2.60. The van der Waals surface area contributed by atoms with E-state index in [2.05, 4.69) is 37.3 Å². The maximum absolute atomic E-state index is 4.39. The second-order valence-electron chi connectivity index (χ2n) is 3.83. The van der Waals surface area contributed by atoms with Crippen LogP contribution >= 0.6 is 0 Å². The number of hydrogen-bond donors (Lipinski definition) is 1. The Hall–Kier alpha value is -0.990. The van der Waals surface area contributed by atoms with E-state index in [1.807, 2.05) is 11.7 Å². The van der Waals surface area contributed by atoms with Crippen molar-refractivity contribution in [2.75, 3.05) is 5.32 Å². The summed E-state index contributed by atoms with van der Waals surface area (Å²) in [6.07, 6.45) is 3.59. The van der Waals surface area contributed by atoms with E-state index in [4.69, 9.17) is 0 Å². The van der Waals surface area contributed by atoms with Crippen molar-refractivity contribution in [2.45, 2.75) is 46.1 Å². The lowest BCUT2D eigenvalue weighted by Crippen LogP contribution is -2.18. The molecule has 1 N–H and O–H groups in total. The molecule has 0 saturated carbocycles. The monoisotopic (exact) mass is 195 g/mol. The highest BCUT2D eigenvalue weighted by molar-refractivity contribution is 5.36.